The van der Waals surface area contributed by atoms with Gasteiger partial charge in [-0.1, -0.05) is 41.4 Å². The van der Waals surface area contributed by atoms with Gasteiger partial charge in [0.2, 0.25) is 5.91 Å². The molecule has 2 saturated heterocycles. The van der Waals surface area contributed by atoms with Gasteiger partial charge in [0.1, 0.15) is 12.0 Å². The van der Waals surface area contributed by atoms with Crippen LogP contribution in [0, 0.1) is 16.0 Å². The first-order valence-corrected chi connectivity index (χ1v) is 11.8. The van der Waals surface area contributed by atoms with Crippen molar-refractivity contribution in [3.8, 4) is 11.5 Å². The highest BCUT2D eigenvalue weighted by atomic mass is 35.5. The molecule has 0 aromatic heterocycles. The van der Waals surface area contributed by atoms with E-state index in [1.165, 1.54) is 49.6 Å². The largest absolute Gasteiger partial charge is 0.493 e. The van der Waals surface area contributed by atoms with Gasteiger partial charge in [-0.15, -0.1) is 0 Å². The van der Waals surface area contributed by atoms with Crippen LogP contribution in [-0.4, -0.2) is 37.1 Å². The van der Waals surface area contributed by atoms with Crippen molar-refractivity contribution in [2.75, 3.05) is 24.2 Å². The third-order valence-corrected chi connectivity index (χ3v) is 7.07. The summed E-state index contributed by atoms with van der Waals surface area (Å²) in [7, 11) is 2.76. The Kier molecular flexibility index (Phi) is 6.40. The van der Waals surface area contributed by atoms with Crippen molar-refractivity contribution in [2.24, 2.45) is 5.92 Å². The van der Waals surface area contributed by atoms with E-state index in [2.05, 4.69) is 0 Å². The topological polar surface area (TPSA) is 111 Å². The van der Waals surface area contributed by atoms with Crippen molar-refractivity contribution in [3.63, 3.8) is 0 Å². The molecule has 190 valence electrons. The van der Waals surface area contributed by atoms with Crippen LogP contribution in [0.15, 0.2) is 60.7 Å². The second-order valence-corrected chi connectivity index (χ2v) is 9.11. The standard InChI is InChI=1S/C25H19Cl2N3O7/c1-35-19-11-15(18(30(33)34)12-20(19)36-2)22-21-23(37-29(22)13-6-4-3-5-7-13)25(32)28(24(21)31)14-8-9-16(26)17(27)10-14/h3-12,21-23H,1-2H3/t21-,22+,23+/m0/s1. The Morgan fingerprint density at radius 2 is 1.57 bits per heavy atom. The molecule has 2 heterocycles. The molecule has 3 atom stereocenters. The van der Waals surface area contributed by atoms with Gasteiger partial charge in [0, 0.05) is 0 Å². The van der Waals surface area contributed by atoms with Crippen molar-refractivity contribution in [3.05, 3.63) is 86.4 Å². The van der Waals surface area contributed by atoms with E-state index in [1.807, 2.05) is 0 Å². The van der Waals surface area contributed by atoms with Crippen LogP contribution in [0.3, 0.4) is 0 Å². The number of hydroxylamine groups is 1. The number of imide groups is 1. The maximum atomic E-state index is 13.8. The van der Waals surface area contributed by atoms with Crippen molar-refractivity contribution >= 4 is 52.1 Å². The van der Waals surface area contributed by atoms with Gasteiger partial charge in [-0.3, -0.25) is 24.5 Å². The zero-order valence-corrected chi connectivity index (χ0v) is 21.0. The van der Waals surface area contributed by atoms with E-state index in [9.17, 15) is 19.7 Å². The van der Waals surface area contributed by atoms with Gasteiger partial charge in [0.25, 0.3) is 11.6 Å². The Morgan fingerprint density at radius 1 is 0.892 bits per heavy atom. The smallest absolute Gasteiger partial charge is 0.278 e. The molecular formula is C25H19Cl2N3O7. The first-order chi connectivity index (χ1) is 17.8. The van der Waals surface area contributed by atoms with Crippen LogP contribution in [0.5, 0.6) is 11.5 Å². The third-order valence-electron chi connectivity index (χ3n) is 6.34. The molecule has 0 aliphatic carbocycles. The predicted molar refractivity (Wildman–Crippen MR) is 135 cm³/mol. The fourth-order valence-electron chi connectivity index (χ4n) is 4.69. The lowest BCUT2D eigenvalue weighted by molar-refractivity contribution is -0.385. The lowest BCUT2D eigenvalue weighted by Gasteiger charge is -2.29. The average molecular weight is 544 g/mol. The molecule has 2 fully saturated rings. The van der Waals surface area contributed by atoms with Gasteiger partial charge >= 0.3 is 0 Å². The van der Waals surface area contributed by atoms with Crippen LogP contribution in [0.4, 0.5) is 17.1 Å². The molecule has 0 unspecified atom stereocenters. The molecule has 0 saturated carbocycles. The number of ether oxygens (including phenoxy) is 2. The van der Waals surface area contributed by atoms with Crippen LogP contribution in [0.25, 0.3) is 0 Å². The molecule has 5 rings (SSSR count). The van der Waals surface area contributed by atoms with Gasteiger partial charge in [0.15, 0.2) is 17.6 Å². The van der Waals surface area contributed by atoms with Gasteiger partial charge < -0.3 is 9.47 Å². The van der Waals surface area contributed by atoms with Crippen LogP contribution in [0.2, 0.25) is 10.0 Å². The number of benzene rings is 3. The van der Waals surface area contributed by atoms with Crippen LogP contribution in [-0.2, 0) is 14.4 Å². The summed E-state index contributed by atoms with van der Waals surface area (Å²) in [5.41, 5.74) is 0.527. The molecule has 0 N–H and O–H groups in total. The molecular weight excluding hydrogens is 525 g/mol. The Morgan fingerprint density at radius 3 is 2.19 bits per heavy atom. The van der Waals surface area contributed by atoms with Gasteiger partial charge in [-0.05, 0) is 36.4 Å². The van der Waals surface area contributed by atoms with E-state index in [0.29, 0.717) is 5.69 Å². The zero-order chi connectivity index (χ0) is 26.4. The first kappa shape index (κ1) is 24.8. The summed E-state index contributed by atoms with van der Waals surface area (Å²) in [6.45, 7) is 0. The Bertz CT molecular complexity index is 1420. The zero-order valence-electron chi connectivity index (χ0n) is 19.5. The lowest BCUT2D eigenvalue weighted by Crippen LogP contribution is -2.37. The van der Waals surface area contributed by atoms with Crippen LogP contribution in [0.1, 0.15) is 11.6 Å². The van der Waals surface area contributed by atoms with Gasteiger partial charge in [-0.2, -0.15) is 0 Å². The Hall–Kier alpha value is -3.86. The number of hydrogen-bond acceptors (Lipinski definition) is 8. The molecule has 12 heteroatoms. The van der Waals surface area contributed by atoms with E-state index in [-0.39, 0.29) is 38.5 Å². The minimum atomic E-state index is -1.24. The van der Waals surface area contributed by atoms with Crippen molar-refractivity contribution in [1.29, 1.82) is 0 Å². The summed E-state index contributed by atoms with van der Waals surface area (Å²) in [4.78, 5) is 45.9. The molecule has 0 bridgehead atoms. The number of halogens is 2. The molecule has 0 spiro atoms. The quantitative estimate of drug-likeness (QED) is 0.243. The highest BCUT2D eigenvalue weighted by molar-refractivity contribution is 6.42. The maximum absolute atomic E-state index is 13.8. The Labute approximate surface area is 220 Å². The molecule has 2 amide bonds. The van der Waals surface area contributed by atoms with Crippen molar-refractivity contribution < 1.29 is 28.8 Å². The van der Waals surface area contributed by atoms with E-state index < -0.39 is 34.8 Å². The third kappa shape index (κ3) is 4.03. The van der Waals surface area contributed by atoms with E-state index in [0.717, 1.165) is 4.90 Å². The number of nitro groups is 1. The summed E-state index contributed by atoms with van der Waals surface area (Å²) >= 11 is 12.1. The highest BCUT2D eigenvalue weighted by Gasteiger charge is 2.61. The molecule has 37 heavy (non-hydrogen) atoms. The molecule has 3 aromatic rings. The number of amides is 2. The number of anilines is 2. The fourth-order valence-corrected chi connectivity index (χ4v) is 4.98. The van der Waals surface area contributed by atoms with Crippen molar-refractivity contribution in [1.82, 2.24) is 0 Å². The van der Waals surface area contributed by atoms with Gasteiger partial charge in [0.05, 0.1) is 52.2 Å². The SMILES string of the molecule is COc1cc([C@@H]2[C@@H]3C(=O)N(c4ccc(Cl)c(Cl)c4)C(=O)[C@@H]3ON2c2ccccc2)c([N+](=O)[O-])cc1OC. The summed E-state index contributed by atoms with van der Waals surface area (Å²) in [6, 6.07) is 14.7. The second-order valence-electron chi connectivity index (χ2n) is 8.29. The number of carbonyl (C=O) groups excluding carboxylic acids is 2. The van der Waals surface area contributed by atoms with Crippen LogP contribution >= 0.6 is 23.2 Å². The normalized spacial score (nSPS) is 20.8. The molecule has 3 aromatic carbocycles. The summed E-state index contributed by atoms with van der Waals surface area (Å²) in [5.74, 6) is -1.97. The number of fused-ring (bicyclic) bond motifs is 1. The number of methoxy groups -OCH3 is 2. The van der Waals surface area contributed by atoms with Crippen LogP contribution < -0.4 is 19.4 Å². The predicted octanol–water partition coefficient (Wildman–Crippen LogP) is 4.97. The molecule has 10 nitrogen and oxygen atoms in total. The number of para-hydroxylation sites is 1. The number of nitro benzene ring substituents is 1. The molecule has 0 radical (unpaired) electrons. The number of nitrogens with zero attached hydrogens (tertiary/aromatic N) is 3. The molecule has 2 aliphatic rings. The van der Waals surface area contributed by atoms with E-state index in [1.54, 1.807) is 30.3 Å². The Balaban J connectivity index is 1.68. The van der Waals surface area contributed by atoms with Gasteiger partial charge in [-0.25, -0.2) is 9.96 Å². The van der Waals surface area contributed by atoms with E-state index >= 15 is 0 Å². The number of carbonyl (C=O) groups is 2. The summed E-state index contributed by atoms with van der Waals surface area (Å²) in [6.07, 6.45) is -1.24. The van der Waals surface area contributed by atoms with Crippen molar-refractivity contribution in [2.45, 2.75) is 12.1 Å². The summed E-state index contributed by atoms with van der Waals surface area (Å²) in [5, 5.41) is 13.9. The number of hydrogen-bond donors (Lipinski definition) is 0. The highest BCUT2D eigenvalue weighted by Crippen LogP contribution is 2.51. The average Bonchev–Trinajstić information content (AvgIpc) is 3.41. The fraction of sp³-hybridized carbons (Fsp3) is 0.200. The minimum Gasteiger partial charge on any atom is -0.493 e. The maximum Gasteiger partial charge on any atom is 0.278 e. The lowest BCUT2D eigenvalue weighted by atomic mass is 9.89. The minimum absolute atomic E-state index is 0.121. The first-order valence-electron chi connectivity index (χ1n) is 11.0. The summed E-state index contributed by atoms with van der Waals surface area (Å²) < 4.78 is 10.6. The second kappa shape index (κ2) is 9.55. The molecule has 2 aliphatic heterocycles. The van der Waals surface area contributed by atoms with E-state index in [4.69, 9.17) is 37.5 Å². The monoisotopic (exact) mass is 543 g/mol. The number of rotatable bonds is 6.